The van der Waals surface area contributed by atoms with Crippen LogP contribution in [0, 0.1) is 5.92 Å². The molecule has 19 heavy (non-hydrogen) atoms. The van der Waals surface area contributed by atoms with E-state index in [1.54, 1.807) is 0 Å². The number of rotatable bonds is 1. The van der Waals surface area contributed by atoms with Crippen LogP contribution in [0.5, 0.6) is 0 Å². The van der Waals surface area contributed by atoms with E-state index in [1.807, 2.05) is 19.1 Å². The Morgan fingerprint density at radius 2 is 2.26 bits per heavy atom. The summed E-state index contributed by atoms with van der Waals surface area (Å²) in [5.74, 6) is -0.623. The Balaban J connectivity index is 2.31. The van der Waals surface area contributed by atoms with E-state index in [0.29, 0.717) is 18.4 Å². The molecule has 1 fully saturated rings. The van der Waals surface area contributed by atoms with Gasteiger partial charge in [0.2, 0.25) is 0 Å². The summed E-state index contributed by atoms with van der Waals surface area (Å²) < 4.78 is 5.27. The SMILES string of the molecule is C=C1C(=O)O[C@@H]2/C=C(\CO)CC/C=C(\C)[C@@H](O)C[C@H]12. The van der Waals surface area contributed by atoms with Crippen molar-refractivity contribution in [1.29, 1.82) is 0 Å². The summed E-state index contributed by atoms with van der Waals surface area (Å²) >= 11 is 0. The Morgan fingerprint density at radius 3 is 2.95 bits per heavy atom. The number of fused-ring (bicyclic) bond motifs is 1. The van der Waals surface area contributed by atoms with Gasteiger partial charge in [-0.1, -0.05) is 12.7 Å². The van der Waals surface area contributed by atoms with Gasteiger partial charge in [-0.05, 0) is 43.4 Å². The molecule has 0 spiro atoms. The molecule has 1 aliphatic carbocycles. The highest BCUT2D eigenvalue weighted by Gasteiger charge is 2.38. The summed E-state index contributed by atoms with van der Waals surface area (Å²) in [6, 6.07) is 0. The van der Waals surface area contributed by atoms with Crippen LogP contribution in [0.15, 0.2) is 35.5 Å². The molecule has 0 amide bonds. The molecule has 1 aliphatic heterocycles. The van der Waals surface area contributed by atoms with Crippen molar-refractivity contribution < 1.29 is 19.7 Å². The second-order valence-electron chi connectivity index (χ2n) is 5.22. The van der Waals surface area contributed by atoms with E-state index in [0.717, 1.165) is 17.6 Å². The van der Waals surface area contributed by atoms with Gasteiger partial charge in [0, 0.05) is 11.5 Å². The van der Waals surface area contributed by atoms with Crippen LogP contribution in [0.1, 0.15) is 26.2 Å². The molecule has 2 N–H and O–H groups in total. The summed E-state index contributed by atoms with van der Waals surface area (Å²) in [4.78, 5) is 11.6. The number of carbonyl (C=O) groups is 1. The van der Waals surface area contributed by atoms with Crippen LogP contribution in [0.25, 0.3) is 0 Å². The third kappa shape index (κ3) is 2.96. The van der Waals surface area contributed by atoms with Crippen molar-refractivity contribution in [2.45, 2.75) is 38.4 Å². The predicted molar refractivity (Wildman–Crippen MR) is 71.3 cm³/mol. The van der Waals surface area contributed by atoms with Gasteiger partial charge in [-0.15, -0.1) is 0 Å². The molecular formula is C15H20O4. The first-order chi connectivity index (χ1) is 9.02. The van der Waals surface area contributed by atoms with Crippen molar-refractivity contribution in [1.82, 2.24) is 0 Å². The second kappa shape index (κ2) is 5.72. The first-order valence-corrected chi connectivity index (χ1v) is 6.58. The first-order valence-electron chi connectivity index (χ1n) is 6.58. The fraction of sp³-hybridized carbons (Fsp3) is 0.533. The van der Waals surface area contributed by atoms with Crippen molar-refractivity contribution in [3.05, 3.63) is 35.5 Å². The first kappa shape index (κ1) is 14.0. The minimum Gasteiger partial charge on any atom is -0.454 e. The maximum atomic E-state index is 11.6. The van der Waals surface area contributed by atoms with Crippen molar-refractivity contribution in [3.63, 3.8) is 0 Å². The van der Waals surface area contributed by atoms with Crippen LogP contribution in [0.2, 0.25) is 0 Å². The molecule has 0 aromatic heterocycles. The molecule has 2 rings (SSSR count). The van der Waals surface area contributed by atoms with Gasteiger partial charge >= 0.3 is 5.97 Å². The van der Waals surface area contributed by atoms with Gasteiger partial charge in [0.1, 0.15) is 6.10 Å². The van der Waals surface area contributed by atoms with Crippen molar-refractivity contribution in [2.75, 3.05) is 6.61 Å². The third-order valence-electron chi connectivity index (χ3n) is 3.89. The molecular weight excluding hydrogens is 244 g/mol. The lowest BCUT2D eigenvalue weighted by molar-refractivity contribution is -0.137. The van der Waals surface area contributed by atoms with Crippen LogP contribution in [-0.4, -0.2) is 35.0 Å². The van der Waals surface area contributed by atoms with E-state index >= 15 is 0 Å². The molecule has 104 valence electrons. The lowest BCUT2D eigenvalue weighted by atomic mass is 9.86. The third-order valence-corrected chi connectivity index (χ3v) is 3.89. The maximum absolute atomic E-state index is 11.6. The molecule has 1 heterocycles. The van der Waals surface area contributed by atoms with Gasteiger partial charge in [-0.25, -0.2) is 4.79 Å². The molecule has 4 nitrogen and oxygen atoms in total. The zero-order valence-corrected chi connectivity index (χ0v) is 11.1. The Hall–Kier alpha value is -1.39. The molecule has 0 aromatic rings. The van der Waals surface area contributed by atoms with Crippen LogP contribution < -0.4 is 0 Å². The van der Waals surface area contributed by atoms with Gasteiger partial charge in [-0.2, -0.15) is 0 Å². The maximum Gasteiger partial charge on any atom is 0.334 e. The number of ether oxygens (including phenoxy) is 1. The van der Waals surface area contributed by atoms with E-state index in [9.17, 15) is 15.0 Å². The van der Waals surface area contributed by atoms with Crippen LogP contribution in [-0.2, 0) is 9.53 Å². The Kier molecular flexibility index (Phi) is 4.22. The molecule has 4 heteroatoms. The highest BCUT2D eigenvalue weighted by atomic mass is 16.6. The van der Waals surface area contributed by atoms with Crippen molar-refractivity contribution >= 4 is 5.97 Å². The number of allylic oxidation sites excluding steroid dienone is 1. The standard InChI is InChI=1S/C15H20O4/c1-9-4-3-5-11(8-16)6-14-12(7-13(9)17)10(2)15(18)19-14/h4,6,12-14,16-17H,2-3,5,7-8H2,1H3/b9-4+,11-6-/t12-,13+,14-/m1/s1. The quantitative estimate of drug-likeness (QED) is 0.428. The molecule has 0 unspecified atom stereocenters. The zero-order valence-electron chi connectivity index (χ0n) is 11.1. The van der Waals surface area contributed by atoms with E-state index in [1.165, 1.54) is 0 Å². The van der Waals surface area contributed by atoms with Crippen LogP contribution in [0.3, 0.4) is 0 Å². The second-order valence-corrected chi connectivity index (χ2v) is 5.22. The monoisotopic (exact) mass is 264 g/mol. The highest BCUT2D eigenvalue weighted by Crippen LogP contribution is 2.34. The lowest BCUT2D eigenvalue weighted by Crippen LogP contribution is -2.23. The average Bonchev–Trinajstić information content (AvgIpc) is 2.64. The smallest absolute Gasteiger partial charge is 0.334 e. The van der Waals surface area contributed by atoms with E-state index < -0.39 is 18.2 Å². The van der Waals surface area contributed by atoms with E-state index in [-0.39, 0.29) is 12.5 Å². The Labute approximate surface area is 113 Å². The summed E-state index contributed by atoms with van der Waals surface area (Å²) in [5, 5.41) is 19.5. The van der Waals surface area contributed by atoms with Crippen molar-refractivity contribution in [3.8, 4) is 0 Å². The summed E-state index contributed by atoms with van der Waals surface area (Å²) in [5.41, 5.74) is 2.16. The lowest BCUT2D eigenvalue weighted by Gasteiger charge is -2.21. The summed E-state index contributed by atoms with van der Waals surface area (Å²) in [6.07, 6.45) is 4.68. The Bertz CT molecular complexity index is 447. The summed E-state index contributed by atoms with van der Waals surface area (Å²) in [6.45, 7) is 5.60. The van der Waals surface area contributed by atoms with Crippen LogP contribution in [0.4, 0.5) is 0 Å². The highest BCUT2D eigenvalue weighted by molar-refractivity contribution is 5.91. The number of hydrogen-bond acceptors (Lipinski definition) is 4. The fourth-order valence-corrected chi connectivity index (χ4v) is 2.55. The molecule has 2 aliphatic rings. The Morgan fingerprint density at radius 1 is 1.53 bits per heavy atom. The minimum absolute atomic E-state index is 0.0390. The van der Waals surface area contributed by atoms with E-state index in [4.69, 9.17) is 4.74 Å². The summed E-state index contributed by atoms with van der Waals surface area (Å²) in [7, 11) is 0. The molecule has 0 aromatic carbocycles. The fourth-order valence-electron chi connectivity index (χ4n) is 2.55. The number of esters is 1. The number of aliphatic hydroxyl groups is 2. The predicted octanol–water partition coefficient (Wildman–Crippen LogP) is 1.49. The minimum atomic E-state index is -0.581. The molecule has 0 radical (unpaired) electrons. The normalized spacial score (nSPS) is 37.7. The van der Waals surface area contributed by atoms with Gasteiger partial charge < -0.3 is 14.9 Å². The molecule has 0 saturated carbocycles. The molecule has 0 bridgehead atoms. The van der Waals surface area contributed by atoms with Gasteiger partial charge in [0.25, 0.3) is 0 Å². The van der Waals surface area contributed by atoms with E-state index in [2.05, 4.69) is 6.58 Å². The van der Waals surface area contributed by atoms with Gasteiger partial charge in [0.05, 0.1) is 12.7 Å². The van der Waals surface area contributed by atoms with Gasteiger partial charge in [-0.3, -0.25) is 0 Å². The number of aliphatic hydroxyl groups excluding tert-OH is 2. The zero-order chi connectivity index (χ0) is 14.0. The topological polar surface area (TPSA) is 66.8 Å². The number of hydrogen-bond donors (Lipinski definition) is 2. The molecule has 1 saturated heterocycles. The number of carbonyl (C=O) groups excluding carboxylic acids is 1. The van der Waals surface area contributed by atoms with Gasteiger partial charge in [0.15, 0.2) is 0 Å². The average molecular weight is 264 g/mol. The largest absolute Gasteiger partial charge is 0.454 e. The van der Waals surface area contributed by atoms with Crippen LogP contribution >= 0.6 is 0 Å². The molecule has 3 atom stereocenters. The van der Waals surface area contributed by atoms with Crippen molar-refractivity contribution in [2.24, 2.45) is 5.92 Å².